The molecule has 30 heavy (non-hydrogen) atoms. The second-order valence-electron chi connectivity index (χ2n) is 7.38. The summed E-state index contributed by atoms with van der Waals surface area (Å²) in [6.07, 6.45) is 10.9. The molecule has 0 atom stereocenters. The molecule has 162 valence electrons. The van der Waals surface area contributed by atoms with E-state index in [1.165, 1.54) is 11.8 Å². The lowest BCUT2D eigenvalue weighted by molar-refractivity contribution is -0.150. The topological polar surface area (TPSA) is 74.2 Å². The fourth-order valence-corrected chi connectivity index (χ4v) is 4.69. The summed E-state index contributed by atoms with van der Waals surface area (Å²) < 4.78 is 11.0. The van der Waals surface area contributed by atoms with E-state index in [0.717, 1.165) is 67.3 Å². The van der Waals surface area contributed by atoms with Crippen LogP contribution in [0.5, 0.6) is 5.88 Å². The minimum absolute atomic E-state index is 0.116. The molecule has 0 amide bonds. The highest BCUT2D eigenvalue weighted by atomic mass is 35.5. The highest BCUT2D eigenvalue weighted by Crippen LogP contribution is 2.32. The van der Waals surface area contributed by atoms with Gasteiger partial charge in [-0.15, -0.1) is 0 Å². The first-order chi connectivity index (χ1) is 14.6. The Morgan fingerprint density at radius 2 is 2.07 bits per heavy atom. The number of hydrogen-bond acceptors (Lipinski definition) is 7. The van der Waals surface area contributed by atoms with E-state index in [0.29, 0.717) is 28.2 Å². The Hall–Kier alpha value is -1.86. The summed E-state index contributed by atoms with van der Waals surface area (Å²) in [4.78, 5) is 25.2. The van der Waals surface area contributed by atoms with Crippen molar-refractivity contribution >= 4 is 29.3 Å². The normalized spacial score (nSPS) is 12.6. The van der Waals surface area contributed by atoms with Crippen LogP contribution in [0.15, 0.2) is 17.6 Å². The average molecular weight is 450 g/mol. The molecule has 2 heterocycles. The molecule has 0 fully saturated rings. The number of fused-ring (bicyclic) bond motifs is 1. The molecule has 1 aliphatic carbocycles. The Kier molecular flexibility index (Phi) is 8.75. The van der Waals surface area contributed by atoms with E-state index >= 15 is 0 Å². The zero-order valence-electron chi connectivity index (χ0n) is 17.6. The number of hydrogen-bond donors (Lipinski definition) is 0. The van der Waals surface area contributed by atoms with Crippen LogP contribution in [0, 0.1) is 6.92 Å². The molecule has 0 unspecified atom stereocenters. The number of ether oxygens (including phenoxy) is 2. The molecule has 0 spiro atoms. The Balaban J connectivity index is 1.58. The molecule has 0 radical (unpaired) electrons. The number of rotatable bonds is 11. The van der Waals surface area contributed by atoms with E-state index in [-0.39, 0.29) is 12.8 Å². The molecule has 8 heteroatoms. The van der Waals surface area contributed by atoms with Gasteiger partial charge in [-0.25, -0.2) is 4.98 Å². The van der Waals surface area contributed by atoms with Crippen molar-refractivity contribution in [2.24, 2.45) is 0 Å². The molecule has 2 aromatic rings. The smallest absolute Gasteiger partial charge is 0.308 e. The van der Waals surface area contributed by atoms with Crippen molar-refractivity contribution < 1.29 is 14.3 Å². The number of aromatic nitrogens is 3. The van der Waals surface area contributed by atoms with Gasteiger partial charge < -0.3 is 9.47 Å². The largest absolute Gasteiger partial charge is 0.440 e. The fraction of sp³-hybridized carbons (Fsp3) is 0.545. The minimum atomic E-state index is -0.228. The van der Waals surface area contributed by atoms with Gasteiger partial charge in [0, 0.05) is 30.1 Å². The Labute approximate surface area is 187 Å². The van der Waals surface area contributed by atoms with Gasteiger partial charge >= 0.3 is 5.97 Å². The third-order valence-electron chi connectivity index (χ3n) is 5.09. The van der Waals surface area contributed by atoms with Gasteiger partial charge in [-0.05, 0) is 43.7 Å². The van der Waals surface area contributed by atoms with Crippen molar-refractivity contribution in [2.75, 3.05) is 6.79 Å². The Morgan fingerprint density at radius 1 is 1.20 bits per heavy atom. The molecule has 3 rings (SSSR count). The highest BCUT2D eigenvalue weighted by Gasteiger charge is 2.21. The predicted molar refractivity (Wildman–Crippen MR) is 118 cm³/mol. The van der Waals surface area contributed by atoms with Gasteiger partial charge in [-0.3, -0.25) is 9.78 Å². The second kappa shape index (κ2) is 11.5. The number of carbonyl (C=O) groups excluding carboxylic acids is 1. The van der Waals surface area contributed by atoms with Crippen molar-refractivity contribution in [1.29, 1.82) is 0 Å². The SMILES string of the molecule is CCCCCCC(=O)OCOc1nc(SCc2c(C)cncc2Cl)nc2c1CCC2. The maximum atomic E-state index is 11.9. The number of unbranched alkanes of at least 4 members (excludes halogenated alkanes) is 3. The molecular weight excluding hydrogens is 422 g/mol. The van der Waals surface area contributed by atoms with Crippen molar-refractivity contribution in [3.8, 4) is 5.88 Å². The zero-order valence-corrected chi connectivity index (χ0v) is 19.2. The van der Waals surface area contributed by atoms with E-state index in [4.69, 9.17) is 26.1 Å². The van der Waals surface area contributed by atoms with Crippen LogP contribution in [0.25, 0.3) is 0 Å². The molecule has 6 nitrogen and oxygen atoms in total. The lowest BCUT2D eigenvalue weighted by Gasteiger charge is -2.12. The summed E-state index contributed by atoms with van der Waals surface area (Å²) in [6, 6.07) is 0. The maximum absolute atomic E-state index is 11.9. The first-order valence-electron chi connectivity index (χ1n) is 10.5. The van der Waals surface area contributed by atoms with Gasteiger partial charge in [0.25, 0.3) is 0 Å². The monoisotopic (exact) mass is 449 g/mol. The summed E-state index contributed by atoms with van der Waals surface area (Å²) in [5, 5.41) is 1.29. The van der Waals surface area contributed by atoms with Crippen molar-refractivity contribution in [3.05, 3.63) is 39.8 Å². The third-order valence-corrected chi connectivity index (χ3v) is 6.29. The number of pyridine rings is 1. The molecule has 0 aliphatic heterocycles. The lowest BCUT2D eigenvalue weighted by atomic mass is 10.2. The number of thioether (sulfide) groups is 1. The number of aryl methyl sites for hydroxylation is 2. The summed E-state index contributed by atoms with van der Waals surface area (Å²) in [5.41, 5.74) is 4.11. The number of carbonyl (C=O) groups is 1. The molecule has 2 aromatic heterocycles. The first kappa shape index (κ1) is 22.8. The predicted octanol–water partition coefficient (Wildman–Crippen LogP) is 5.46. The highest BCUT2D eigenvalue weighted by molar-refractivity contribution is 7.98. The summed E-state index contributed by atoms with van der Waals surface area (Å²) >= 11 is 7.80. The maximum Gasteiger partial charge on any atom is 0.308 e. The lowest BCUT2D eigenvalue weighted by Crippen LogP contribution is -2.12. The molecule has 1 aliphatic rings. The third kappa shape index (κ3) is 6.32. The molecule has 0 aromatic carbocycles. The molecule has 0 saturated heterocycles. The van der Waals surface area contributed by atoms with Gasteiger partial charge in [0.15, 0.2) is 5.16 Å². The van der Waals surface area contributed by atoms with Crippen molar-refractivity contribution in [1.82, 2.24) is 15.0 Å². The quantitative estimate of drug-likeness (QED) is 0.148. The zero-order chi connectivity index (χ0) is 21.3. The van der Waals surface area contributed by atoms with Crippen LogP contribution >= 0.6 is 23.4 Å². The second-order valence-corrected chi connectivity index (χ2v) is 8.73. The van der Waals surface area contributed by atoms with Crippen LogP contribution in [-0.2, 0) is 28.1 Å². The summed E-state index contributed by atoms with van der Waals surface area (Å²) in [5.74, 6) is 0.948. The van der Waals surface area contributed by atoms with E-state index in [1.54, 1.807) is 12.4 Å². The number of halogens is 1. The minimum Gasteiger partial charge on any atom is -0.440 e. The van der Waals surface area contributed by atoms with Gasteiger partial charge in [-0.1, -0.05) is 49.5 Å². The van der Waals surface area contributed by atoms with Crippen LogP contribution in [0.4, 0.5) is 0 Å². The summed E-state index contributed by atoms with van der Waals surface area (Å²) in [6.45, 7) is 4.02. The molecular formula is C22H28ClN3O3S. The summed E-state index contributed by atoms with van der Waals surface area (Å²) in [7, 11) is 0. The van der Waals surface area contributed by atoms with Crippen LogP contribution in [0.3, 0.4) is 0 Å². The van der Waals surface area contributed by atoms with E-state index in [9.17, 15) is 4.79 Å². The van der Waals surface area contributed by atoms with Crippen molar-refractivity contribution in [2.45, 2.75) is 76.1 Å². The van der Waals surface area contributed by atoms with Crippen LogP contribution in [0.2, 0.25) is 5.02 Å². The average Bonchev–Trinajstić information content (AvgIpc) is 3.20. The Bertz CT molecular complexity index is 859. The van der Waals surface area contributed by atoms with Crippen LogP contribution < -0.4 is 4.74 Å². The molecule has 0 saturated carbocycles. The van der Waals surface area contributed by atoms with Gasteiger partial charge in [0.05, 0.1) is 10.7 Å². The van der Waals surface area contributed by atoms with E-state index in [2.05, 4.69) is 16.9 Å². The fourth-order valence-electron chi connectivity index (χ4n) is 3.36. The van der Waals surface area contributed by atoms with Gasteiger partial charge in [-0.2, -0.15) is 4.98 Å². The molecule has 0 N–H and O–H groups in total. The van der Waals surface area contributed by atoms with Gasteiger partial charge in [0.1, 0.15) is 0 Å². The van der Waals surface area contributed by atoms with Gasteiger partial charge in [0.2, 0.25) is 12.7 Å². The Morgan fingerprint density at radius 3 is 2.87 bits per heavy atom. The van der Waals surface area contributed by atoms with Crippen molar-refractivity contribution in [3.63, 3.8) is 0 Å². The molecule has 0 bridgehead atoms. The van der Waals surface area contributed by atoms with E-state index < -0.39 is 0 Å². The standard InChI is InChI=1S/C22H28ClN3O3S/c1-3-4-5-6-10-20(27)28-14-29-21-16-8-7-9-19(16)25-22(26-21)30-13-17-15(2)11-24-12-18(17)23/h11-12H,3-10,13-14H2,1-2H3. The van der Waals surface area contributed by atoms with Crippen LogP contribution in [-0.4, -0.2) is 27.7 Å². The van der Waals surface area contributed by atoms with E-state index in [1.807, 2.05) is 6.92 Å². The number of esters is 1. The number of nitrogens with zero attached hydrogens (tertiary/aromatic N) is 3. The van der Waals surface area contributed by atoms with Crippen LogP contribution in [0.1, 0.15) is 67.8 Å². The first-order valence-corrected chi connectivity index (χ1v) is 11.8.